The first-order chi connectivity index (χ1) is 10.5. The summed E-state index contributed by atoms with van der Waals surface area (Å²) in [7, 11) is 0. The number of carbonyl (C=O) groups excluding carboxylic acids is 1. The van der Waals surface area contributed by atoms with Crippen LogP contribution in [0.25, 0.3) is 0 Å². The third kappa shape index (κ3) is 5.13. The second-order valence-electron chi connectivity index (χ2n) is 4.56. The van der Waals surface area contributed by atoms with Crippen LogP contribution in [-0.4, -0.2) is 23.4 Å². The lowest BCUT2D eigenvalue weighted by atomic mass is 10.1. The lowest BCUT2D eigenvalue weighted by molar-refractivity contribution is -0.120. The SMILES string of the molecule is NC(N)=Nc1nc(CC(=O)NCCc2ccc(F)cc2)cs1. The van der Waals surface area contributed by atoms with Gasteiger partial charge in [-0.1, -0.05) is 12.1 Å². The second kappa shape index (κ2) is 7.51. The number of carbonyl (C=O) groups is 1. The molecule has 0 aliphatic rings. The maximum Gasteiger partial charge on any atom is 0.226 e. The van der Waals surface area contributed by atoms with Gasteiger partial charge in [-0.15, -0.1) is 11.3 Å². The van der Waals surface area contributed by atoms with E-state index in [1.165, 1.54) is 23.5 Å². The van der Waals surface area contributed by atoms with E-state index in [4.69, 9.17) is 11.5 Å². The fourth-order valence-corrected chi connectivity index (χ4v) is 2.47. The van der Waals surface area contributed by atoms with E-state index in [0.29, 0.717) is 23.8 Å². The Morgan fingerprint density at radius 1 is 1.32 bits per heavy atom. The Bertz CT molecular complexity index is 664. The standard InChI is InChI=1S/C14H16FN5OS/c15-10-3-1-9(2-4-10)5-6-18-12(21)7-11-8-22-14(19-11)20-13(16)17/h1-4,8H,5-7H2,(H,18,21)(H4,16,17,19,20). The fraction of sp³-hybridized carbons (Fsp3) is 0.214. The maximum atomic E-state index is 12.8. The van der Waals surface area contributed by atoms with Gasteiger partial charge in [0.15, 0.2) is 5.96 Å². The molecule has 1 aromatic heterocycles. The molecular formula is C14H16FN5OS. The minimum Gasteiger partial charge on any atom is -0.370 e. The highest BCUT2D eigenvalue weighted by molar-refractivity contribution is 7.13. The zero-order valence-corrected chi connectivity index (χ0v) is 12.6. The number of halogens is 1. The maximum absolute atomic E-state index is 12.8. The van der Waals surface area contributed by atoms with Gasteiger partial charge in [-0.3, -0.25) is 4.79 Å². The van der Waals surface area contributed by atoms with Crippen LogP contribution in [0.4, 0.5) is 9.52 Å². The van der Waals surface area contributed by atoms with Crippen molar-refractivity contribution in [3.05, 3.63) is 46.7 Å². The predicted molar refractivity (Wildman–Crippen MR) is 84.4 cm³/mol. The van der Waals surface area contributed by atoms with Gasteiger partial charge in [-0.25, -0.2) is 9.37 Å². The highest BCUT2D eigenvalue weighted by Gasteiger charge is 2.07. The zero-order chi connectivity index (χ0) is 15.9. The molecule has 0 aliphatic carbocycles. The largest absolute Gasteiger partial charge is 0.370 e. The number of nitrogens with two attached hydrogens (primary N) is 2. The van der Waals surface area contributed by atoms with E-state index in [9.17, 15) is 9.18 Å². The lowest BCUT2D eigenvalue weighted by Crippen LogP contribution is -2.27. The molecule has 8 heteroatoms. The van der Waals surface area contributed by atoms with Crippen LogP contribution in [0.3, 0.4) is 0 Å². The summed E-state index contributed by atoms with van der Waals surface area (Å²) in [5.74, 6) is -0.471. The van der Waals surface area contributed by atoms with Crippen LogP contribution in [0.5, 0.6) is 0 Å². The summed E-state index contributed by atoms with van der Waals surface area (Å²) in [6, 6.07) is 6.20. The first-order valence-corrected chi connectivity index (χ1v) is 7.46. The molecule has 1 aromatic carbocycles. The van der Waals surface area contributed by atoms with Gasteiger partial charge in [0.2, 0.25) is 11.0 Å². The van der Waals surface area contributed by atoms with Crippen LogP contribution in [-0.2, 0) is 17.6 Å². The molecule has 0 saturated heterocycles. The molecule has 6 nitrogen and oxygen atoms in total. The quantitative estimate of drug-likeness (QED) is 0.547. The van der Waals surface area contributed by atoms with Crippen molar-refractivity contribution in [3.63, 3.8) is 0 Å². The number of aliphatic imine (C=N–C) groups is 1. The summed E-state index contributed by atoms with van der Waals surface area (Å²) in [4.78, 5) is 19.7. The number of guanidine groups is 1. The van der Waals surface area contributed by atoms with E-state index in [2.05, 4.69) is 15.3 Å². The Hall–Kier alpha value is -2.48. The van der Waals surface area contributed by atoms with Gasteiger partial charge in [0.1, 0.15) is 5.82 Å². The van der Waals surface area contributed by atoms with Crippen molar-refractivity contribution in [1.82, 2.24) is 10.3 Å². The number of nitrogens with zero attached hydrogens (tertiary/aromatic N) is 2. The fourth-order valence-electron chi connectivity index (χ4n) is 1.76. The van der Waals surface area contributed by atoms with E-state index in [0.717, 1.165) is 5.56 Å². The Labute approximate surface area is 131 Å². The first-order valence-electron chi connectivity index (χ1n) is 6.58. The summed E-state index contributed by atoms with van der Waals surface area (Å²) < 4.78 is 12.8. The molecule has 2 rings (SSSR count). The van der Waals surface area contributed by atoms with Crippen LogP contribution >= 0.6 is 11.3 Å². The second-order valence-corrected chi connectivity index (χ2v) is 5.40. The minimum atomic E-state index is -0.270. The number of nitrogens with one attached hydrogen (secondary N) is 1. The van der Waals surface area contributed by atoms with Gasteiger partial charge in [0.25, 0.3) is 0 Å². The molecule has 0 aliphatic heterocycles. The van der Waals surface area contributed by atoms with Crippen molar-refractivity contribution >= 4 is 28.3 Å². The summed E-state index contributed by atoms with van der Waals surface area (Å²) in [6.45, 7) is 0.482. The van der Waals surface area contributed by atoms with E-state index >= 15 is 0 Å². The third-order valence-electron chi connectivity index (χ3n) is 2.76. The molecule has 0 unspecified atom stereocenters. The van der Waals surface area contributed by atoms with Crippen molar-refractivity contribution in [2.24, 2.45) is 16.5 Å². The number of thiazole rings is 1. The Kier molecular flexibility index (Phi) is 5.42. The van der Waals surface area contributed by atoms with E-state index < -0.39 is 0 Å². The molecule has 0 bridgehead atoms. The molecule has 2 aromatic rings. The van der Waals surface area contributed by atoms with E-state index in [1.54, 1.807) is 17.5 Å². The molecule has 0 radical (unpaired) electrons. The molecule has 5 N–H and O–H groups in total. The normalized spacial score (nSPS) is 10.2. The molecular weight excluding hydrogens is 305 g/mol. The summed E-state index contributed by atoms with van der Waals surface area (Å²) in [6.07, 6.45) is 0.808. The van der Waals surface area contributed by atoms with Crippen LogP contribution in [0.1, 0.15) is 11.3 Å². The highest BCUT2D eigenvalue weighted by atomic mass is 32.1. The van der Waals surface area contributed by atoms with Crippen molar-refractivity contribution in [2.45, 2.75) is 12.8 Å². The molecule has 0 fully saturated rings. The highest BCUT2D eigenvalue weighted by Crippen LogP contribution is 2.18. The van der Waals surface area contributed by atoms with Crippen molar-refractivity contribution < 1.29 is 9.18 Å². The third-order valence-corrected chi connectivity index (χ3v) is 3.54. The molecule has 0 saturated carbocycles. The van der Waals surface area contributed by atoms with Crippen LogP contribution in [0, 0.1) is 5.82 Å². The average molecular weight is 321 g/mol. The van der Waals surface area contributed by atoms with Crippen molar-refractivity contribution in [2.75, 3.05) is 6.54 Å². The van der Waals surface area contributed by atoms with E-state index in [-0.39, 0.29) is 24.1 Å². The topological polar surface area (TPSA) is 106 Å². The van der Waals surface area contributed by atoms with Crippen LogP contribution in [0.2, 0.25) is 0 Å². The smallest absolute Gasteiger partial charge is 0.226 e. The summed E-state index contributed by atoms with van der Waals surface area (Å²) >= 11 is 1.27. The summed E-state index contributed by atoms with van der Waals surface area (Å²) in [5.41, 5.74) is 12.1. The lowest BCUT2D eigenvalue weighted by Gasteiger charge is -2.04. The number of aromatic nitrogens is 1. The Morgan fingerprint density at radius 2 is 2.05 bits per heavy atom. The van der Waals surface area contributed by atoms with Gasteiger partial charge in [0.05, 0.1) is 12.1 Å². The molecule has 1 amide bonds. The predicted octanol–water partition coefficient (Wildman–Crippen LogP) is 1.09. The molecule has 22 heavy (non-hydrogen) atoms. The Balaban J connectivity index is 1.77. The summed E-state index contributed by atoms with van der Waals surface area (Å²) in [5, 5.41) is 4.95. The number of rotatable bonds is 6. The average Bonchev–Trinajstić information content (AvgIpc) is 2.87. The number of amides is 1. The van der Waals surface area contributed by atoms with Gasteiger partial charge in [-0.2, -0.15) is 4.99 Å². The Morgan fingerprint density at radius 3 is 2.73 bits per heavy atom. The zero-order valence-electron chi connectivity index (χ0n) is 11.8. The van der Waals surface area contributed by atoms with Crippen molar-refractivity contribution in [1.29, 1.82) is 0 Å². The van der Waals surface area contributed by atoms with Crippen molar-refractivity contribution in [3.8, 4) is 0 Å². The first kappa shape index (κ1) is 15.9. The number of hydrogen-bond donors (Lipinski definition) is 3. The van der Waals surface area contributed by atoms with E-state index in [1.807, 2.05) is 0 Å². The van der Waals surface area contributed by atoms with Gasteiger partial charge < -0.3 is 16.8 Å². The van der Waals surface area contributed by atoms with Crippen LogP contribution < -0.4 is 16.8 Å². The molecule has 116 valence electrons. The van der Waals surface area contributed by atoms with Gasteiger partial charge in [-0.05, 0) is 24.1 Å². The van der Waals surface area contributed by atoms with Crippen LogP contribution in [0.15, 0.2) is 34.6 Å². The number of benzene rings is 1. The monoisotopic (exact) mass is 321 g/mol. The minimum absolute atomic E-state index is 0.0651. The van der Waals surface area contributed by atoms with Gasteiger partial charge in [0, 0.05) is 11.9 Å². The molecule has 1 heterocycles. The van der Waals surface area contributed by atoms with Gasteiger partial charge >= 0.3 is 0 Å². The number of hydrogen-bond acceptors (Lipinski definition) is 4. The molecule has 0 atom stereocenters. The molecule has 0 spiro atoms.